The van der Waals surface area contributed by atoms with E-state index in [1.807, 2.05) is 39.0 Å². The maximum absolute atomic E-state index is 12.0. The fraction of sp³-hybridized carbons (Fsp3) is 0.562. The number of benzene rings is 1. The zero-order chi connectivity index (χ0) is 15.7. The number of hydrogen-bond donors (Lipinski definition) is 1. The molecule has 0 radical (unpaired) electrons. The minimum Gasteiger partial charge on any atom is -0.497 e. The fourth-order valence-electron chi connectivity index (χ4n) is 2.01. The summed E-state index contributed by atoms with van der Waals surface area (Å²) in [5.41, 5.74) is 1.02. The van der Waals surface area contributed by atoms with E-state index in [-0.39, 0.29) is 12.5 Å². The van der Waals surface area contributed by atoms with Crippen LogP contribution in [0.1, 0.15) is 26.3 Å². The Morgan fingerprint density at radius 1 is 1.24 bits per heavy atom. The molecule has 0 saturated carbocycles. The fourth-order valence-corrected chi connectivity index (χ4v) is 2.01. The molecule has 0 saturated heterocycles. The average molecular weight is 294 g/mol. The minimum atomic E-state index is -0.00257. The standard InChI is InChI=1S/C16H26N2O3/c1-5-17-11-13-8-9-14(20-4)10-15(13)21-12-16(19)18(6-2)7-3/h8-10,17H,5-7,11-12H2,1-4H3. The van der Waals surface area contributed by atoms with Crippen LogP contribution in [0.2, 0.25) is 0 Å². The first kappa shape index (κ1) is 17.3. The van der Waals surface area contributed by atoms with Crippen LogP contribution in [0, 0.1) is 0 Å². The van der Waals surface area contributed by atoms with Crippen molar-refractivity contribution in [3.05, 3.63) is 23.8 Å². The Kier molecular flexibility index (Phi) is 7.61. The summed E-state index contributed by atoms with van der Waals surface area (Å²) in [7, 11) is 1.62. The first-order chi connectivity index (χ1) is 10.2. The molecule has 0 heterocycles. The van der Waals surface area contributed by atoms with Gasteiger partial charge in [-0.15, -0.1) is 0 Å². The third-order valence-corrected chi connectivity index (χ3v) is 3.31. The molecule has 0 spiro atoms. The first-order valence-electron chi connectivity index (χ1n) is 7.44. The van der Waals surface area contributed by atoms with Crippen LogP contribution < -0.4 is 14.8 Å². The van der Waals surface area contributed by atoms with Crippen LogP contribution in [-0.2, 0) is 11.3 Å². The molecule has 0 fully saturated rings. The summed E-state index contributed by atoms with van der Waals surface area (Å²) in [4.78, 5) is 13.8. The summed E-state index contributed by atoms with van der Waals surface area (Å²) >= 11 is 0. The largest absolute Gasteiger partial charge is 0.497 e. The molecular weight excluding hydrogens is 268 g/mol. The summed E-state index contributed by atoms with van der Waals surface area (Å²) in [5, 5.41) is 3.26. The second-order valence-electron chi connectivity index (χ2n) is 4.61. The van der Waals surface area contributed by atoms with Crippen molar-refractivity contribution in [3.8, 4) is 11.5 Å². The molecule has 1 amide bonds. The highest BCUT2D eigenvalue weighted by molar-refractivity contribution is 5.77. The van der Waals surface area contributed by atoms with Crippen LogP contribution in [0.15, 0.2) is 18.2 Å². The first-order valence-corrected chi connectivity index (χ1v) is 7.44. The van der Waals surface area contributed by atoms with Crippen molar-refractivity contribution in [2.24, 2.45) is 0 Å². The van der Waals surface area contributed by atoms with E-state index >= 15 is 0 Å². The van der Waals surface area contributed by atoms with Gasteiger partial charge >= 0.3 is 0 Å². The van der Waals surface area contributed by atoms with E-state index in [2.05, 4.69) is 5.32 Å². The van der Waals surface area contributed by atoms with E-state index in [1.165, 1.54) is 0 Å². The van der Waals surface area contributed by atoms with Gasteiger partial charge in [0.1, 0.15) is 11.5 Å². The minimum absolute atomic E-state index is 0.00257. The van der Waals surface area contributed by atoms with E-state index in [0.29, 0.717) is 25.4 Å². The van der Waals surface area contributed by atoms with Crippen molar-refractivity contribution in [2.45, 2.75) is 27.3 Å². The third-order valence-electron chi connectivity index (χ3n) is 3.31. The Bertz CT molecular complexity index is 445. The normalized spacial score (nSPS) is 10.3. The van der Waals surface area contributed by atoms with Gasteiger partial charge in [0.15, 0.2) is 6.61 Å². The molecule has 0 atom stereocenters. The molecule has 0 aliphatic rings. The van der Waals surface area contributed by atoms with Crippen molar-refractivity contribution in [1.29, 1.82) is 0 Å². The number of rotatable bonds is 9. The highest BCUT2D eigenvalue weighted by Crippen LogP contribution is 2.25. The number of nitrogens with zero attached hydrogens (tertiary/aromatic N) is 1. The molecule has 0 aromatic heterocycles. The average Bonchev–Trinajstić information content (AvgIpc) is 2.52. The predicted octanol–water partition coefficient (Wildman–Crippen LogP) is 2.05. The van der Waals surface area contributed by atoms with Crippen molar-refractivity contribution >= 4 is 5.91 Å². The van der Waals surface area contributed by atoms with Gasteiger partial charge in [-0.2, -0.15) is 0 Å². The highest BCUT2D eigenvalue weighted by atomic mass is 16.5. The number of carbonyl (C=O) groups is 1. The van der Waals surface area contributed by atoms with Crippen LogP contribution in [0.25, 0.3) is 0 Å². The topological polar surface area (TPSA) is 50.8 Å². The summed E-state index contributed by atoms with van der Waals surface area (Å²) in [6.45, 7) is 9.00. The predicted molar refractivity (Wildman–Crippen MR) is 83.8 cm³/mol. The van der Waals surface area contributed by atoms with E-state index in [0.717, 1.165) is 17.9 Å². The van der Waals surface area contributed by atoms with Crippen molar-refractivity contribution in [1.82, 2.24) is 10.2 Å². The maximum atomic E-state index is 12.0. The van der Waals surface area contributed by atoms with Gasteiger partial charge in [-0.25, -0.2) is 0 Å². The van der Waals surface area contributed by atoms with Crippen LogP contribution in [0.5, 0.6) is 11.5 Å². The van der Waals surface area contributed by atoms with Crippen LogP contribution >= 0.6 is 0 Å². The van der Waals surface area contributed by atoms with Crippen LogP contribution in [0.3, 0.4) is 0 Å². The third kappa shape index (κ3) is 5.27. The number of amides is 1. The van der Waals surface area contributed by atoms with Crippen molar-refractivity contribution < 1.29 is 14.3 Å². The molecule has 1 N–H and O–H groups in total. The van der Waals surface area contributed by atoms with Crippen LogP contribution in [0.4, 0.5) is 0 Å². The van der Waals surface area contributed by atoms with Gasteiger partial charge in [-0.1, -0.05) is 13.0 Å². The lowest BCUT2D eigenvalue weighted by Crippen LogP contribution is -2.34. The Hall–Kier alpha value is -1.75. The molecule has 0 aliphatic carbocycles. The second kappa shape index (κ2) is 9.23. The summed E-state index contributed by atoms with van der Waals surface area (Å²) in [5.74, 6) is 1.41. The van der Waals surface area contributed by atoms with Gasteiger partial charge in [-0.3, -0.25) is 4.79 Å². The Labute approximate surface area is 127 Å². The molecule has 0 unspecified atom stereocenters. The summed E-state index contributed by atoms with van der Waals surface area (Å²) in [6, 6.07) is 5.67. The van der Waals surface area contributed by atoms with Crippen molar-refractivity contribution in [3.63, 3.8) is 0 Å². The Morgan fingerprint density at radius 3 is 2.52 bits per heavy atom. The number of carbonyl (C=O) groups excluding carboxylic acids is 1. The number of hydrogen-bond acceptors (Lipinski definition) is 4. The maximum Gasteiger partial charge on any atom is 0.260 e. The van der Waals surface area contributed by atoms with Gasteiger partial charge in [0, 0.05) is 31.3 Å². The Balaban J connectivity index is 2.76. The molecule has 0 aliphatic heterocycles. The SMILES string of the molecule is CCNCc1ccc(OC)cc1OCC(=O)N(CC)CC. The number of likely N-dealkylation sites (N-methyl/N-ethyl adjacent to an activating group) is 1. The van der Waals surface area contributed by atoms with Crippen LogP contribution in [-0.4, -0.2) is 44.2 Å². The van der Waals surface area contributed by atoms with E-state index in [1.54, 1.807) is 12.0 Å². The molecule has 21 heavy (non-hydrogen) atoms. The Morgan fingerprint density at radius 2 is 1.95 bits per heavy atom. The quantitative estimate of drug-likeness (QED) is 0.757. The lowest BCUT2D eigenvalue weighted by molar-refractivity contribution is -0.132. The van der Waals surface area contributed by atoms with E-state index in [4.69, 9.17) is 9.47 Å². The smallest absolute Gasteiger partial charge is 0.260 e. The van der Waals surface area contributed by atoms with Gasteiger partial charge in [0.2, 0.25) is 0 Å². The van der Waals surface area contributed by atoms with Gasteiger partial charge in [0.25, 0.3) is 5.91 Å². The number of methoxy groups -OCH3 is 1. The van der Waals surface area contributed by atoms with Gasteiger partial charge < -0.3 is 19.7 Å². The lowest BCUT2D eigenvalue weighted by atomic mass is 10.2. The molecule has 0 bridgehead atoms. The lowest BCUT2D eigenvalue weighted by Gasteiger charge is -2.19. The zero-order valence-corrected chi connectivity index (χ0v) is 13.4. The molecular formula is C16H26N2O3. The molecule has 5 nitrogen and oxygen atoms in total. The number of nitrogens with one attached hydrogen (secondary N) is 1. The van der Waals surface area contributed by atoms with Gasteiger partial charge in [0.05, 0.1) is 7.11 Å². The van der Waals surface area contributed by atoms with E-state index < -0.39 is 0 Å². The summed E-state index contributed by atoms with van der Waals surface area (Å²) in [6.07, 6.45) is 0. The molecule has 118 valence electrons. The second-order valence-corrected chi connectivity index (χ2v) is 4.61. The number of ether oxygens (including phenoxy) is 2. The molecule has 1 aromatic carbocycles. The molecule has 1 rings (SSSR count). The monoisotopic (exact) mass is 294 g/mol. The van der Waals surface area contributed by atoms with E-state index in [9.17, 15) is 4.79 Å². The zero-order valence-electron chi connectivity index (χ0n) is 13.4. The highest BCUT2D eigenvalue weighted by Gasteiger charge is 2.12. The molecule has 1 aromatic rings. The molecule has 5 heteroatoms. The summed E-state index contributed by atoms with van der Waals surface area (Å²) < 4.78 is 10.9. The van der Waals surface area contributed by atoms with Crippen molar-refractivity contribution in [2.75, 3.05) is 33.4 Å². The van der Waals surface area contributed by atoms with Gasteiger partial charge in [-0.05, 0) is 26.5 Å².